The third-order valence-electron chi connectivity index (χ3n) is 3.56. The fraction of sp³-hybridized carbons (Fsp3) is 0. The third kappa shape index (κ3) is 1.75. The van der Waals surface area contributed by atoms with Crippen molar-refractivity contribution in [3.05, 3.63) is 71.8 Å². The maximum atomic E-state index is 6.38. The van der Waals surface area contributed by atoms with Gasteiger partial charge in [0.1, 0.15) is 0 Å². The van der Waals surface area contributed by atoms with E-state index in [9.17, 15) is 0 Å². The molecule has 0 saturated heterocycles. The summed E-state index contributed by atoms with van der Waals surface area (Å²) in [6.45, 7) is 0. The number of fused-ring (bicyclic) bond motifs is 3. The fourth-order valence-corrected chi connectivity index (χ4v) is 4.25. The highest BCUT2D eigenvalue weighted by Gasteiger charge is 2.11. The zero-order valence-corrected chi connectivity index (χ0v) is 12.2. The predicted octanol–water partition coefficient (Wildman–Crippen LogP) is 6.37. The van der Waals surface area contributed by atoms with Crippen LogP contribution in [0.4, 0.5) is 0 Å². The van der Waals surface area contributed by atoms with E-state index in [0.717, 1.165) is 5.02 Å². The standard InChI is InChI=1S/C18H11ClS/c19-15-10-5-11-16-17(15)14-9-4-8-13(18(14)20-16)12-6-2-1-3-7-12/h1-11H. The lowest BCUT2D eigenvalue weighted by atomic mass is 10.0. The topological polar surface area (TPSA) is 0 Å². The van der Waals surface area contributed by atoms with Crippen LogP contribution in [0.1, 0.15) is 0 Å². The van der Waals surface area contributed by atoms with Gasteiger partial charge in [-0.2, -0.15) is 0 Å². The molecule has 3 aromatic carbocycles. The minimum Gasteiger partial charge on any atom is -0.134 e. The second-order valence-corrected chi connectivity index (χ2v) is 6.22. The maximum Gasteiger partial charge on any atom is 0.0499 e. The molecule has 4 aromatic rings. The maximum absolute atomic E-state index is 6.38. The predicted molar refractivity (Wildman–Crippen MR) is 89.8 cm³/mol. The smallest absolute Gasteiger partial charge is 0.0499 e. The summed E-state index contributed by atoms with van der Waals surface area (Å²) < 4.78 is 2.55. The molecule has 0 nitrogen and oxygen atoms in total. The third-order valence-corrected chi connectivity index (χ3v) is 5.08. The number of rotatable bonds is 1. The lowest BCUT2D eigenvalue weighted by molar-refractivity contribution is 1.67. The van der Waals surface area contributed by atoms with Gasteiger partial charge in [-0.05, 0) is 23.3 Å². The Kier molecular flexibility index (Phi) is 2.76. The number of benzene rings is 3. The molecule has 0 aliphatic carbocycles. The van der Waals surface area contributed by atoms with Crippen molar-refractivity contribution in [2.45, 2.75) is 0 Å². The molecule has 0 atom stereocenters. The Labute approximate surface area is 126 Å². The molecule has 0 bridgehead atoms. The molecular weight excluding hydrogens is 284 g/mol. The lowest BCUT2D eigenvalue weighted by Gasteiger charge is -2.03. The molecule has 96 valence electrons. The Morgan fingerprint density at radius 1 is 0.750 bits per heavy atom. The molecule has 0 N–H and O–H groups in total. The van der Waals surface area contributed by atoms with Crippen molar-refractivity contribution in [2.24, 2.45) is 0 Å². The number of hydrogen-bond acceptors (Lipinski definition) is 1. The Balaban J connectivity index is 2.14. The number of hydrogen-bond donors (Lipinski definition) is 0. The van der Waals surface area contributed by atoms with E-state index in [1.807, 2.05) is 29.5 Å². The molecule has 1 aromatic heterocycles. The highest BCUT2D eigenvalue weighted by atomic mass is 35.5. The molecule has 0 unspecified atom stereocenters. The average molecular weight is 295 g/mol. The van der Waals surface area contributed by atoms with Gasteiger partial charge in [0, 0.05) is 25.2 Å². The van der Waals surface area contributed by atoms with Crippen LogP contribution in [0.5, 0.6) is 0 Å². The van der Waals surface area contributed by atoms with Gasteiger partial charge in [0.2, 0.25) is 0 Å². The van der Waals surface area contributed by atoms with Crippen LogP contribution in [0.3, 0.4) is 0 Å². The molecule has 0 spiro atoms. The van der Waals surface area contributed by atoms with E-state index in [4.69, 9.17) is 11.6 Å². The molecule has 20 heavy (non-hydrogen) atoms. The van der Waals surface area contributed by atoms with Crippen molar-refractivity contribution in [3.8, 4) is 11.1 Å². The molecule has 0 fully saturated rings. The highest BCUT2D eigenvalue weighted by molar-refractivity contribution is 7.26. The molecule has 0 aliphatic heterocycles. The van der Waals surface area contributed by atoms with Crippen molar-refractivity contribution in [2.75, 3.05) is 0 Å². The summed E-state index contributed by atoms with van der Waals surface area (Å²) in [6.07, 6.45) is 0. The van der Waals surface area contributed by atoms with Crippen LogP contribution in [-0.4, -0.2) is 0 Å². The first-order chi connectivity index (χ1) is 9.84. The molecule has 0 amide bonds. The summed E-state index contributed by atoms with van der Waals surface area (Å²) in [4.78, 5) is 0. The van der Waals surface area contributed by atoms with E-state index in [0.29, 0.717) is 0 Å². The second-order valence-electron chi connectivity index (χ2n) is 4.76. The zero-order chi connectivity index (χ0) is 13.5. The van der Waals surface area contributed by atoms with Gasteiger partial charge < -0.3 is 0 Å². The Bertz CT molecular complexity index is 907. The van der Waals surface area contributed by atoms with Gasteiger partial charge in [-0.3, -0.25) is 0 Å². The van der Waals surface area contributed by atoms with E-state index in [-0.39, 0.29) is 0 Å². The van der Waals surface area contributed by atoms with E-state index in [2.05, 4.69) is 48.5 Å². The molecule has 0 aliphatic rings. The van der Waals surface area contributed by atoms with Gasteiger partial charge in [-0.1, -0.05) is 66.2 Å². The highest BCUT2D eigenvalue weighted by Crippen LogP contribution is 2.42. The summed E-state index contributed by atoms with van der Waals surface area (Å²) in [5.74, 6) is 0. The van der Waals surface area contributed by atoms with E-state index in [1.54, 1.807) is 0 Å². The van der Waals surface area contributed by atoms with Crippen molar-refractivity contribution >= 4 is 43.1 Å². The first-order valence-corrected chi connectivity index (χ1v) is 7.69. The van der Waals surface area contributed by atoms with Gasteiger partial charge in [0.05, 0.1) is 0 Å². The van der Waals surface area contributed by atoms with Crippen LogP contribution in [0.25, 0.3) is 31.3 Å². The van der Waals surface area contributed by atoms with Crippen molar-refractivity contribution in [3.63, 3.8) is 0 Å². The number of halogens is 1. The Morgan fingerprint density at radius 3 is 2.40 bits per heavy atom. The first-order valence-electron chi connectivity index (χ1n) is 6.50. The molecule has 0 radical (unpaired) electrons. The summed E-state index contributed by atoms with van der Waals surface area (Å²) >= 11 is 8.20. The van der Waals surface area contributed by atoms with Crippen molar-refractivity contribution in [1.29, 1.82) is 0 Å². The van der Waals surface area contributed by atoms with E-state index in [1.165, 1.54) is 31.3 Å². The van der Waals surface area contributed by atoms with Crippen LogP contribution >= 0.6 is 22.9 Å². The van der Waals surface area contributed by atoms with Gasteiger partial charge in [0.25, 0.3) is 0 Å². The second kappa shape index (κ2) is 4.62. The fourth-order valence-electron chi connectivity index (χ4n) is 2.65. The normalized spacial score (nSPS) is 11.2. The first kappa shape index (κ1) is 12.0. The SMILES string of the molecule is Clc1cccc2sc3c(-c4ccccc4)cccc3c12. The Hall–Kier alpha value is -1.83. The Morgan fingerprint density at radius 2 is 1.55 bits per heavy atom. The monoisotopic (exact) mass is 294 g/mol. The van der Waals surface area contributed by atoms with Crippen LogP contribution < -0.4 is 0 Å². The summed E-state index contributed by atoms with van der Waals surface area (Å²) in [5.41, 5.74) is 2.53. The van der Waals surface area contributed by atoms with Crippen LogP contribution in [-0.2, 0) is 0 Å². The summed E-state index contributed by atoms with van der Waals surface area (Å²) in [5, 5.41) is 3.25. The largest absolute Gasteiger partial charge is 0.134 e. The average Bonchev–Trinajstić information content (AvgIpc) is 2.88. The molecule has 1 heterocycles. The molecular formula is C18H11ClS. The van der Waals surface area contributed by atoms with Crippen molar-refractivity contribution in [1.82, 2.24) is 0 Å². The quantitative estimate of drug-likeness (QED) is 0.382. The molecule has 4 rings (SSSR count). The summed E-state index contributed by atoms with van der Waals surface area (Å²) in [7, 11) is 0. The minimum atomic E-state index is 0.832. The van der Waals surface area contributed by atoms with Gasteiger partial charge in [-0.15, -0.1) is 11.3 Å². The lowest BCUT2D eigenvalue weighted by Crippen LogP contribution is -1.77. The minimum absolute atomic E-state index is 0.832. The molecule has 0 saturated carbocycles. The van der Waals surface area contributed by atoms with E-state index >= 15 is 0 Å². The van der Waals surface area contributed by atoms with Gasteiger partial charge in [0.15, 0.2) is 0 Å². The molecule has 2 heteroatoms. The summed E-state index contributed by atoms with van der Waals surface area (Å²) in [6, 6.07) is 23.1. The van der Waals surface area contributed by atoms with E-state index < -0.39 is 0 Å². The van der Waals surface area contributed by atoms with Crippen LogP contribution in [0.2, 0.25) is 5.02 Å². The van der Waals surface area contributed by atoms with Crippen LogP contribution in [0, 0.1) is 0 Å². The van der Waals surface area contributed by atoms with Gasteiger partial charge >= 0.3 is 0 Å². The zero-order valence-electron chi connectivity index (χ0n) is 10.6. The van der Waals surface area contributed by atoms with Crippen molar-refractivity contribution < 1.29 is 0 Å². The van der Waals surface area contributed by atoms with Gasteiger partial charge in [-0.25, -0.2) is 0 Å². The number of thiophene rings is 1. The van der Waals surface area contributed by atoms with Crippen LogP contribution in [0.15, 0.2) is 66.7 Å².